The van der Waals surface area contributed by atoms with Crippen molar-refractivity contribution in [2.45, 2.75) is 24.8 Å². The molecule has 7 nitrogen and oxygen atoms in total. The van der Waals surface area contributed by atoms with E-state index in [1.54, 1.807) is 31.3 Å². The molecule has 0 unspecified atom stereocenters. The van der Waals surface area contributed by atoms with Crippen LogP contribution in [0.4, 0.5) is 4.79 Å². The summed E-state index contributed by atoms with van der Waals surface area (Å²) in [6, 6.07) is 24.2. The highest BCUT2D eigenvalue weighted by Gasteiger charge is 2.30. The Morgan fingerprint density at radius 1 is 0.914 bits per heavy atom. The van der Waals surface area contributed by atoms with E-state index in [9.17, 15) is 14.4 Å². The van der Waals surface area contributed by atoms with Crippen molar-refractivity contribution in [3.63, 3.8) is 0 Å². The summed E-state index contributed by atoms with van der Waals surface area (Å²) in [5, 5.41) is 11.6. The highest BCUT2D eigenvalue weighted by atomic mass is 16.5. The first-order valence-electron chi connectivity index (χ1n) is 11.6. The summed E-state index contributed by atoms with van der Waals surface area (Å²) in [7, 11) is 1.60. The predicted molar refractivity (Wildman–Crippen MR) is 132 cm³/mol. The van der Waals surface area contributed by atoms with Crippen molar-refractivity contribution in [3.05, 3.63) is 95.6 Å². The maximum absolute atomic E-state index is 13.2. The number of benzene rings is 3. The van der Waals surface area contributed by atoms with E-state index in [-0.39, 0.29) is 31.4 Å². The molecule has 0 saturated heterocycles. The number of fused-ring (bicyclic) bond motifs is 3. The van der Waals surface area contributed by atoms with Gasteiger partial charge in [-0.05, 0) is 34.2 Å². The first-order valence-corrected chi connectivity index (χ1v) is 11.6. The van der Waals surface area contributed by atoms with Gasteiger partial charge in [-0.25, -0.2) is 4.79 Å². The van der Waals surface area contributed by atoms with Crippen molar-refractivity contribution in [2.75, 3.05) is 20.2 Å². The van der Waals surface area contributed by atoms with E-state index >= 15 is 0 Å². The van der Waals surface area contributed by atoms with Gasteiger partial charge in [-0.3, -0.25) is 9.59 Å². The van der Waals surface area contributed by atoms with E-state index in [1.807, 2.05) is 42.5 Å². The second-order valence-corrected chi connectivity index (χ2v) is 8.57. The molecule has 1 atom stereocenters. The average Bonchev–Trinajstić information content (AvgIpc) is 3.19. The zero-order valence-electron chi connectivity index (χ0n) is 19.5. The minimum Gasteiger partial charge on any atom is -0.481 e. The normalized spacial score (nSPS) is 12.8. The summed E-state index contributed by atoms with van der Waals surface area (Å²) in [5.41, 5.74) is 5.11. The molecule has 2 N–H and O–H groups in total. The summed E-state index contributed by atoms with van der Waals surface area (Å²) in [4.78, 5) is 38.3. The molecule has 0 spiro atoms. The number of carboxylic acid groups (broad SMARTS) is 1. The second kappa shape index (κ2) is 10.9. The maximum atomic E-state index is 13.2. The zero-order valence-corrected chi connectivity index (χ0v) is 19.5. The van der Waals surface area contributed by atoms with Crippen molar-refractivity contribution in [1.29, 1.82) is 0 Å². The number of likely N-dealkylation sites (N-methyl/N-ethyl adjacent to an activating group) is 1. The molecule has 0 bridgehead atoms. The molecule has 7 heteroatoms. The predicted octanol–water partition coefficient (Wildman–Crippen LogP) is 4.59. The Labute approximate surface area is 204 Å². The van der Waals surface area contributed by atoms with Crippen molar-refractivity contribution in [2.24, 2.45) is 0 Å². The van der Waals surface area contributed by atoms with Gasteiger partial charge >= 0.3 is 12.1 Å². The molecule has 35 heavy (non-hydrogen) atoms. The lowest BCUT2D eigenvalue weighted by Gasteiger charge is -2.25. The molecular weight excluding hydrogens is 444 g/mol. The van der Waals surface area contributed by atoms with E-state index in [1.165, 1.54) is 4.90 Å². The third kappa shape index (κ3) is 5.51. The molecule has 1 aliphatic rings. The van der Waals surface area contributed by atoms with Crippen molar-refractivity contribution in [1.82, 2.24) is 10.2 Å². The Morgan fingerprint density at radius 3 is 2.09 bits per heavy atom. The Bertz CT molecular complexity index is 1170. The molecule has 0 saturated carbocycles. The molecule has 180 valence electrons. The number of nitrogens with one attached hydrogen (secondary N) is 1. The fraction of sp³-hybridized carbons (Fsp3) is 0.250. The van der Waals surface area contributed by atoms with Crippen LogP contribution in [-0.2, 0) is 14.3 Å². The summed E-state index contributed by atoms with van der Waals surface area (Å²) < 4.78 is 5.64. The lowest BCUT2D eigenvalue weighted by atomic mass is 9.98. The molecule has 0 fully saturated rings. The fourth-order valence-electron chi connectivity index (χ4n) is 4.49. The first-order chi connectivity index (χ1) is 17.0. The molecule has 4 rings (SSSR count). The monoisotopic (exact) mass is 472 g/mol. The summed E-state index contributed by atoms with van der Waals surface area (Å²) >= 11 is 0. The molecule has 0 heterocycles. The highest BCUT2D eigenvalue weighted by molar-refractivity contribution is 5.87. The standard InChI is InChI=1S/C28H28N2O5/c1-30(17-9-16-25(31)32)27(33)26(19-10-3-2-4-11-19)29-28(34)35-18-24-22-14-7-5-12-20(22)21-13-6-8-15-23(21)24/h2-8,10-15,24,26H,9,16-18H2,1H3,(H,29,34)(H,31,32)/t26-/m1/s1. The number of ether oxygens (including phenoxy) is 1. The Kier molecular flexibility index (Phi) is 7.45. The quantitative estimate of drug-likeness (QED) is 0.475. The number of hydrogen-bond donors (Lipinski definition) is 2. The van der Waals surface area contributed by atoms with Crippen LogP contribution in [-0.4, -0.2) is 48.2 Å². The highest BCUT2D eigenvalue weighted by Crippen LogP contribution is 2.44. The Morgan fingerprint density at radius 2 is 1.49 bits per heavy atom. The molecule has 2 amide bonds. The number of carbonyl (C=O) groups is 3. The second-order valence-electron chi connectivity index (χ2n) is 8.57. The van der Waals surface area contributed by atoms with Crippen LogP contribution in [0.25, 0.3) is 11.1 Å². The SMILES string of the molecule is CN(CCCC(=O)O)C(=O)[C@H](NC(=O)OCC1c2ccccc2-c2ccccc21)c1ccccc1. The third-order valence-electron chi connectivity index (χ3n) is 6.25. The number of rotatable bonds is 9. The Hall–Kier alpha value is -4.13. The molecular formula is C28H28N2O5. The minimum atomic E-state index is -0.943. The van der Waals surface area contributed by atoms with Crippen LogP contribution in [0, 0.1) is 0 Å². The lowest BCUT2D eigenvalue weighted by molar-refractivity contribution is -0.138. The van der Waals surface area contributed by atoms with Crippen LogP contribution in [0.1, 0.15) is 41.5 Å². The minimum absolute atomic E-state index is 0.0343. The van der Waals surface area contributed by atoms with Gasteiger partial charge in [0, 0.05) is 25.9 Å². The van der Waals surface area contributed by atoms with Crippen molar-refractivity contribution >= 4 is 18.0 Å². The number of aliphatic carboxylic acids is 1. The first kappa shape index (κ1) is 24.0. The topological polar surface area (TPSA) is 95.9 Å². The largest absolute Gasteiger partial charge is 0.481 e. The van der Waals surface area contributed by atoms with Crippen LogP contribution in [0.2, 0.25) is 0 Å². The molecule has 0 aromatic heterocycles. The van der Waals surface area contributed by atoms with Crippen LogP contribution in [0.3, 0.4) is 0 Å². The van der Waals surface area contributed by atoms with Gasteiger partial charge in [-0.2, -0.15) is 0 Å². The van der Waals surface area contributed by atoms with Crippen LogP contribution >= 0.6 is 0 Å². The maximum Gasteiger partial charge on any atom is 0.408 e. The van der Waals surface area contributed by atoms with E-state index in [0.29, 0.717) is 12.0 Å². The van der Waals surface area contributed by atoms with Crippen molar-refractivity contribution in [3.8, 4) is 11.1 Å². The van der Waals surface area contributed by atoms with Gasteiger partial charge in [0.15, 0.2) is 0 Å². The average molecular weight is 473 g/mol. The van der Waals surface area contributed by atoms with Gasteiger partial charge in [0.2, 0.25) is 5.91 Å². The van der Waals surface area contributed by atoms with Gasteiger partial charge in [0.25, 0.3) is 0 Å². The van der Waals surface area contributed by atoms with Gasteiger partial charge in [-0.15, -0.1) is 0 Å². The number of alkyl carbamates (subject to hydrolysis) is 1. The lowest BCUT2D eigenvalue weighted by Crippen LogP contribution is -2.42. The molecule has 3 aromatic carbocycles. The smallest absolute Gasteiger partial charge is 0.408 e. The van der Waals surface area contributed by atoms with E-state index < -0.39 is 18.1 Å². The van der Waals surface area contributed by atoms with Crippen LogP contribution in [0.15, 0.2) is 78.9 Å². The number of nitrogens with zero attached hydrogens (tertiary/aromatic N) is 1. The number of carbonyl (C=O) groups excluding carboxylic acids is 2. The molecule has 0 aliphatic heterocycles. The van der Waals surface area contributed by atoms with Crippen molar-refractivity contribution < 1.29 is 24.2 Å². The fourth-order valence-corrected chi connectivity index (χ4v) is 4.49. The number of amides is 2. The summed E-state index contributed by atoms with van der Waals surface area (Å²) in [5.74, 6) is -1.34. The van der Waals surface area contributed by atoms with Crippen LogP contribution in [0.5, 0.6) is 0 Å². The van der Waals surface area contributed by atoms with Gasteiger partial charge in [-0.1, -0.05) is 78.9 Å². The number of carboxylic acids is 1. The summed E-state index contributed by atoms with van der Waals surface area (Å²) in [6.45, 7) is 0.408. The molecule has 0 radical (unpaired) electrons. The molecule has 1 aliphatic carbocycles. The zero-order chi connectivity index (χ0) is 24.8. The number of hydrogen-bond acceptors (Lipinski definition) is 4. The third-order valence-corrected chi connectivity index (χ3v) is 6.25. The van der Waals surface area contributed by atoms with Gasteiger partial charge < -0.3 is 20.1 Å². The van der Waals surface area contributed by atoms with Crippen LogP contribution < -0.4 is 5.32 Å². The van der Waals surface area contributed by atoms with E-state index in [0.717, 1.165) is 22.3 Å². The van der Waals surface area contributed by atoms with Gasteiger partial charge in [0.05, 0.1) is 0 Å². The van der Waals surface area contributed by atoms with Gasteiger partial charge in [0.1, 0.15) is 12.6 Å². The summed E-state index contributed by atoms with van der Waals surface area (Å²) in [6.07, 6.45) is -0.398. The molecule has 3 aromatic rings. The van der Waals surface area contributed by atoms with E-state index in [4.69, 9.17) is 9.84 Å². The van der Waals surface area contributed by atoms with E-state index in [2.05, 4.69) is 17.4 Å². The Balaban J connectivity index is 1.45.